The maximum absolute atomic E-state index is 12.1. The lowest BCUT2D eigenvalue weighted by Crippen LogP contribution is -2.28. The monoisotopic (exact) mass is 343 g/mol. The van der Waals surface area contributed by atoms with Gasteiger partial charge in [-0.05, 0) is 25.0 Å². The number of hydrogen-bond acceptors (Lipinski definition) is 5. The van der Waals surface area contributed by atoms with Crippen LogP contribution in [0.4, 0.5) is 11.4 Å². The van der Waals surface area contributed by atoms with Gasteiger partial charge in [0.25, 0.3) is 0 Å². The molecule has 25 heavy (non-hydrogen) atoms. The van der Waals surface area contributed by atoms with E-state index in [1.165, 1.54) is 24.8 Å². The second-order valence-corrected chi connectivity index (χ2v) is 5.73. The number of rotatable bonds is 7. The predicted molar refractivity (Wildman–Crippen MR) is 95.9 cm³/mol. The Morgan fingerprint density at radius 1 is 1.20 bits per heavy atom. The minimum Gasteiger partial charge on any atom is -0.490 e. The van der Waals surface area contributed by atoms with Gasteiger partial charge in [-0.15, -0.1) is 0 Å². The molecule has 0 heterocycles. The van der Waals surface area contributed by atoms with Gasteiger partial charge in [0.05, 0.1) is 18.6 Å². The summed E-state index contributed by atoms with van der Waals surface area (Å²) in [5.74, 6) is -0.121. The van der Waals surface area contributed by atoms with Crippen molar-refractivity contribution >= 4 is 17.3 Å². The molecule has 0 fully saturated rings. The van der Waals surface area contributed by atoms with Crippen molar-refractivity contribution in [1.29, 1.82) is 0 Å². The van der Waals surface area contributed by atoms with Gasteiger partial charge in [-0.2, -0.15) is 0 Å². The lowest BCUT2D eigenvalue weighted by molar-refractivity contribution is -0.385. The summed E-state index contributed by atoms with van der Waals surface area (Å²) in [4.78, 5) is 22.6. The van der Waals surface area contributed by atoms with E-state index in [9.17, 15) is 14.9 Å². The Kier molecular flexibility index (Phi) is 6.08. The quantitative estimate of drug-likeness (QED) is 0.595. The molecule has 0 saturated heterocycles. The first-order valence-electron chi connectivity index (χ1n) is 7.80. The Hall–Kier alpha value is -2.93. The molecule has 132 valence electrons. The molecule has 0 aromatic heterocycles. The molecule has 0 spiro atoms. The Morgan fingerprint density at radius 3 is 2.48 bits per heavy atom. The second-order valence-electron chi connectivity index (χ2n) is 5.73. The van der Waals surface area contributed by atoms with Crippen molar-refractivity contribution < 1.29 is 14.5 Å². The summed E-state index contributed by atoms with van der Waals surface area (Å²) in [7, 11) is 1.35. The number of ether oxygens (including phenoxy) is 1. The molecule has 1 amide bonds. The lowest BCUT2D eigenvalue weighted by atomic mass is 10.1. The number of nitrogens with zero attached hydrogens (tertiary/aromatic N) is 1. The van der Waals surface area contributed by atoms with Crippen LogP contribution in [0.5, 0.6) is 5.75 Å². The summed E-state index contributed by atoms with van der Waals surface area (Å²) >= 11 is 0. The number of benzene rings is 2. The van der Waals surface area contributed by atoms with Gasteiger partial charge in [-0.1, -0.05) is 29.8 Å². The second kappa shape index (κ2) is 8.25. The molecule has 0 atom stereocenters. The van der Waals surface area contributed by atoms with Crippen molar-refractivity contribution in [1.82, 2.24) is 5.32 Å². The first-order valence-corrected chi connectivity index (χ1v) is 7.80. The first kappa shape index (κ1) is 18.4. The van der Waals surface area contributed by atoms with Crippen molar-refractivity contribution in [3.63, 3.8) is 0 Å². The summed E-state index contributed by atoms with van der Waals surface area (Å²) in [6, 6.07) is 10.9. The number of aryl methyl sites for hydroxylation is 2. The third kappa shape index (κ3) is 5.02. The number of amides is 1. The molecule has 0 aliphatic rings. The van der Waals surface area contributed by atoms with E-state index in [2.05, 4.69) is 10.6 Å². The highest BCUT2D eigenvalue weighted by Gasteiger charge is 2.18. The number of hydrogen-bond donors (Lipinski definition) is 2. The van der Waals surface area contributed by atoms with Crippen molar-refractivity contribution in [2.24, 2.45) is 0 Å². The standard InChI is InChI=1S/C18H21N3O4/c1-12-4-6-14(7-5-12)10-19-11-18(22)20-15-9-17(25-3)16(21(23)24)8-13(15)2/h4-9,19H,10-11H2,1-3H3,(H,20,22). The zero-order valence-electron chi connectivity index (χ0n) is 14.5. The topological polar surface area (TPSA) is 93.5 Å². The van der Waals surface area contributed by atoms with Crippen LogP contribution in [0, 0.1) is 24.0 Å². The molecule has 0 unspecified atom stereocenters. The first-order chi connectivity index (χ1) is 11.9. The van der Waals surface area contributed by atoms with E-state index in [4.69, 9.17) is 4.74 Å². The molecule has 7 heteroatoms. The number of carbonyl (C=O) groups excluding carboxylic acids is 1. The molecular weight excluding hydrogens is 322 g/mol. The lowest BCUT2D eigenvalue weighted by Gasteiger charge is -2.11. The molecule has 7 nitrogen and oxygen atoms in total. The molecular formula is C18H21N3O4. The van der Waals surface area contributed by atoms with Crippen LogP contribution in [0.15, 0.2) is 36.4 Å². The van der Waals surface area contributed by atoms with Gasteiger partial charge in [-0.3, -0.25) is 14.9 Å². The normalized spacial score (nSPS) is 10.4. The van der Waals surface area contributed by atoms with Crippen molar-refractivity contribution in [3.05, 3.63) is 63.2 Å². The van der Waals surface area contributed by atoms with E-state index in [0.29, 0.717) is 17.8 Å². The average molecular weight is 343 g/mol. The Balaban J connectivity index is 1.95. The van der Waals surface area contributed by atoms with Gasteiger partial charge in [0, 0.05) is 24.4 Å². The summed E-state index contributed by atoms with van der Waals surface area (Å²) in [6.07, 6.45) is 0. The Morgan fingerprint density at radius 2 is 1.88 bits per heavy atom. The molecule has 0 aliphatic heterocycles. The number of nitro benzene ring substituents is 1. The van der Waals surface area contributed by atoms with Crippen LogP contribution in [0.2, 0.25) is 0 Å². The molecule has 0 saturated carbocycles. The number of anilines is 1. The fourth-order valence-corrected chi connectivity index (χ4v) is 2.33. The predicted octanol–water partition coefficient (Wildman–Crippen LogP) is 2.95. The van der Waals surface area contributed by atoms with Crippen molar-refractivity contribution in [2.45, 2.75) is 20.4 Å². The van der Waals surface area contributed by atoms with E-state index in [1.807, 2.05) is 31.2 Å². The third-order valence-electron chi connectivity index (χ3n) is 3.73. The van der Waals surface area contributed by atoms with Gasteiger partial charge in [0.1, 0.15) is 0 Å². The highest BCUT2D eigenvalue weighted by molar-refractivity contribution is 5.93. The molecule has 0 radical (unpaired) electrons. The van der Waals surface area contributed by atoms with Gasteiger partial charge in [0.15, 0.2) is 5.75 Å². The fourth-order valence-electron chi connectivity index (χ4n) is 2.33. The number of carbonyl (C=O) groups is 1. The fraction of sp³-hybridized carbons (Fsp3) is 0.278. The summed E-state index contributed by atoms with van der Waals surface area (Å²) in [6.45, 7) is 4.43. The van der Waals surface area contributed by atoms with Gasteiger partial charge in [0.2, 0.25) is 5.91 Å². The van der Waals surface area contributed by atoms with E-state index >= 15 is 0 Å². The highest BCUT2D eigenvalue weighted by atomic mass is 16.6. The van der Waals surface area contributed by atoms with Gasteiger partial charge < -0.3 is 15.4 Å². The zero-order chi connectivity index (χ0) is 18.4. The van der Waals surface area contributed by atoms with Gasteiger partial charge in [-0.25, -0.2) is 0 Å². The largest absolute Gasteiger partial charge is 0.490 e. The van der Waals surface area contributed by atoms with Crippen LogP contribution in [-0.2, 0) is 11.3 Å². The zero-order valence-corrected chi connectivity index (χ0v) is 14.5. The van der Waals surface area contributed by atoms with Crippen LogP contribution < -0.4 is 15.4 Å². The molecule has 2 aromatic carbocycles. The maximum Gasteiger partial charge on any atom is 0.311 e. The SMILES string of the molecule is COc1cc(NC(=O)CNCc2ccc(C)cc2)c(C)cc1[N+](=O)[O-]. The van der Waals surface area contributed by atoms with Crippen molar-refractivity contribution in [2.75, 3.05) is 19.0 Å². The molecule has 0 aliphatic carbocycles. The third-order valence-corrected chi connectivity index (χ3v) is 3.73. The van der Waals surface area contributed by atoms with Crippen LogP contribution in [0.1, 0.15) is 16.7 Å². The molecule has 2 aromatic rings. The highest BCUT2D eigenvalue weighted by Crippen LogP contribution is 2.32. The van der Waals surface area contributed by atoms with Crippen molar-refractivity contribution in [3.8, 4) is 5.75 Å². The van der Waals surface area contributed by atoms with E-state index in [0.717, 1.165) is 5.56 Å². The van der Waals surface area contributed by atoms with E-state index in [-0.39, 0.29) is 23.9 Å². The summed E-state index contributed by atoms with van der Waals surface area (Å²) in [5.41, 5.74) is 3.23. The molecule has 0 bridgehead atoms. The van der Waals surface area contributed by atoms with Crippen LogP contribution in [-0.4, -0.2) is 24.5 Å². The average Bonchev–Trinajstić information content (AvgIpc) is 2.58. The van der Waals surface area contributed by atoms with Crippen LogP contribution >= 0.6 is 0 Å². The Labute approximate surface area is 146 Å². The van der Waals surface area contributed by atoms with Crippen LogP contribution in [0.25, 0.3) is 0 Å². The van der Waals surface area contributed by atoms with Gasteiger partial charge >= 0.3 is 5.69 Å². The summed E-state index contributed by atoms with van der Waals surface area (Å²) < 4.78 is 5.02. The number of nitrogens with one attached hydrogen (secondary N) is 2. The molecule has 2 N–H and O–H groups in total. The van der Waals surface area contributed by atoms with E-state index < -0.39 is 4.92 Å². The minimum absolute atomic E-state index is 0.110. The van der Waals surface area contributed by atoms with E-state index in [1.54, 1.807) is 6.92 Å². The minimum atomic E-state index is -0.513. The van der Waals surface area contributed by atoms with Crippen LogP contribution in [0.3, 0.4) is 0 Å². The number of nitro groups is 1. The molecule has 2 rings (SSSR count). The maximum atomic E-state index is 12.1. The Bertz CT molecular complexity index is 773. The summed E-state index contributed by atoms with van der Waals surface area (Å²) in [5, 5.41) is 16.8. The number of methoxy groups -OCH3 is 1. The smallest absolute Gasteiger partial charge is 0.311 e.